The van der Waals surface area contributed by atoms with Gasteiger partial charge in [-0.1, -0.05) is 13.8 Å². The second-order valence-electron chi connectivity index (χ2n) is 5.49. The Morgan fingerprint density at radius 2 is 1.96 bits per heavy atom. The fourth-order valence-electron chi connectivity index (χ4n) is 1.69. The molecule has 0 bridgehead atoms. The standard InChI is InChI=1S/C15H21F4N3O2/c1-3-14(20,4-2)8-22-12(23)10-5-6-11(21-7-10)24-9-15(18,19)13(16)17/h5-7,13H,3-4,8-9,20H2,1-2H3,(H,22,23). The van der Waals surface area contributed by atoms with Crippen molar-refractivity contribution in [3.05, 3.63) is 23.9 Å². The molecule has 24 heavy (non-hydrogen) atoms. The van der Waals surface area contributed by atoms with Crippen LogP contribution in [0.3, 0.4) is 0 Å². The summed E-state index contributed by atoms with van der Waals surface area (Å²) in [5.74, 6) is -4.96. The lowest BCUT2D eigenvalue weighted by Gasteiger charge is -2.26. The normalized spacial score (nSPS) is 12.3. The number of halogens is 4. The number of carbonyl (C=O) groups excluding carboxylic acids is 1. The van der Waals surface area contributed by atoms with Gasteiger partial charge in [-0.05, 0) is 18.9 Å². The number of nitrogens with two attached hydrogens (primary N) is 1. The van der Waals surface area contributed by atoms with Crippen LogP contribution in [-0.4, -0.2) is 41.9 Å². The van der Waals surface area contributed by atoms with E-state index in [0.29, 0.717) is 12.8 Å². The van der Waals surface area contributed by atoms with Gasteiger partial charge in [-0.2, -0.15) is 8.78 Å². The van der Waals surface area contributed by atoms with Crippen molar-refractivity contribution in [3.63, 3.8) is 0 Å². The number of carbonyl (C=O) groups is 1. The van der Waals surface area contributed by atoms with Crippen molar-refractivity contribution in [1.82, 2.24) is 10.3 Å². The topological polar surface area (TPSA) is 77.2 Å². The quantitative estimate of drug-likeness (QED) is 0.671. The zero-order chi connectivity index (χ0) is 18.4. The molecule has 0 saturated heterocycles. The number of pyridine rings is 1. The Morgan fingerprint density at radius 3 is 2.42 bits per heavy atom. The number of ether oxygens (including phenoxy) is 1. The Bertz CT molecular complexity index is 534. The first kappa shape index (κ1) is 20.1. The highest BCUT2D eigenvalue weighted by Crippen LogP contribution is 2.23. The first-order valence-corrected chi connectivity index (χ1v) is 7.45. The van der Waals surface area contributed by atoms with Crippen molar-refractivity contribution < 1.29 is 27.1 Å². The van der Waals surface area contributed by atoms with Crippen molar-refractivity contribution in [2.24, 2.45) is 5.73 Å². The molecule has 0 aliphatic heterocycles. The smallest absolute Gasteiger partial charge is 0.340 e. The zero-order valence-corrected chi connectivity index (χ0v) is 13.5. The molecule has 1 aromatic heterocycles. The summed E-state index contributed by atoms with van der Waals surface area (Å²) < 4.78 is 54.0. The lowest BCUT2D eigenvalue weighted by molar-refractivity contribution is -0.148. The van der Waals surface area contributed by atoms with Crippen LogP contribution in [0.15, 0.2) is 18.3 Å². The average molecular weight is 351 g/mol. The molecule has 0 saturated carbocycles. The van der Waals surface area contributed by atoms with Gasteiger partial charge in [-0.15, -0.1) is 0 Å². The van der Waals surface area contributed by atoms with Gasteiger partial charge in [0.15, 0.2) is 6.61 Å². The number of hydrogen-bond donors (Lipinski definition) is 2. The van der Waals surface area contributed by atoms with Gasteiger partial charge in [0.05, 0.1) is 5.56 Å². The fraction of sp³-hybridized carbons (Fsp3) is 0.600. The second kappa shape index (κ2) is 8.27. The van der Waals surface area contributed by atoms with Crippen LogP contribution in [0.4, 0.5) is 17.6 Å². The molecule has 0 aliphatic carbocycles. The maximum absolute atomic E-state index is 12.7. The minimum absolute atomic E-state index is 0.178. The molecular weight excluding hydrogens is 330 g/mol. The average Bonchev–Trinajstić information content (AvgIpc) is 2.58. The molecule has 1 heterocycles. The zero-order valence-electron chi connectivity index (χ0n) is 13.5. The molecular formula is C15H21F4N3O2. The van der Waals surface area contributed by atoms with Crippen molar-refractivity contribution in [2.75, 3.05) is 13.2 Å². The van der Waals surface area contributed by atoms with E-state index >= 15 is 0 Å². The van der Waals surface area contributed by atoms with Gasteiger partial charge in [0, 0.05) is 24.3 Å². The SMILES string of the molecule is CCC(N)(CC)CNC(=O)c1ccc(OCC(F)(F)C(F)F)nc1. The van der Waals surface area contributed by atoms with E-state index in [4.69, 9.17) is 5.73 Å². The van der Waals surface area contributed by atoms with E-state index in [-0.39, 0.29) is 18.0 Å². The number of aromatic nitrogens is 1. The summed E-state index contributed by atoms with van der Waals surface area (Å²) in [5, 5.41) is 2.67. The molecule has 9 heteroatoms. The highest BCUT2D eigenvalue weighted by Gasteiger charge is 2.41. The molecule has 0 aromatic carbocycles. The van der Waals surface area contributed by atoms with Crippen molar-refractivity contribution in [2.45, 2.75) is 44.6 Å². The molecule has 0 atom stereocenters. The summed E-state index contributed by atoms with van der Waals surface area (Å²) in [5.41, 5.74) is 5.74. The molecule has 1 rings (SSSR count). The van der Waals surface area contributed by atoms with Crippen LogP contribution >= 0.6 is 0 Å². The van der Waals surface area contributed by atoms with Crippen LogP contribution in [-0.2, 0) is 0 Å². The van der Waals surface area contributed by atoms with Crippen LogP contribution in [0.2, 0.25) is 0 Å². The third kappa shape index (κ3) is 5.63. The van der Waals surface area contributed by atoms with E-state index in [9.17, 15) is 22.4 Å². The summed E-state index contributed by atoms with van der Waals surface area (Å²) in [6.07, 6.45) is -1.34. The maximum atomic E-state index is 12.7. The van der Waals surface area contributed by atoms with Gasteiger partial charge < -0.3 is 15.8 Å². The minimum Gasteiger partial charge on any atom is -0.471 e. The summed E-state index contributed by atoms with van der Waals surface area (Å²) in [7, 11) is 0. The molecule has 0 fully saturated rings. The number of rotatable bonds is 9. The first-order chi connectivity index (χ1) is 11.1. The van der Waals surface area contributed by atoms with Crippen LogP contribution in [0.25, 0.3) is 0 Å². The van der Waals surface area contributed by atoms with Crippen LogP contribution < -0.4 is 15.8 Å². The van der Waals surface area contributed by atoms with Crippen LogP contribution in [0.1, 0.15) is 37.0 Å². The Morgan fingerprint density at radius 1 is 1.33 bits per heavy atom. The highest BCUT2D eigenvalue weighted by molar-refractivity contribution is 5.93. The largest absolute Gasteiger partial charge is 0.471 e. The summed E-state index contributed by atoms with van der Waals surface area (Å²) >= 11 is 0. The number of hydrogen-bond acceptors (Lipinski definition) is 4. The molecule has 5 nitrogen and oxygen atoms in total. The third-order valence-electron chi connectivity index (χ3n) is 3.74. The van der Waals surface area contributed by atoms with E-state index in [2.05, 4.69) is 15.0 Å². The fourth-order valence-corrected chi connectivity index (χ4v) is 1.69. The Kier molecular flexibility index (Phi) is 6.94. The first-order valence-electron chi connectivity index (χ1n) is 7.45. The monoisotopic (exact) mass is 351 g/mol. The third-order valence-corrected chi connectivity index (χ3v) is 3.74. The van der Waals surface area contributed by atoms with E-state index < -0.39 is 30.4 Å². The van der Waals surface area contributed by atoms with Crippen molar-refractivity contribution >= 4 is 5.91 Å². The molecule has 1 aromatic rings. The van der Waals surface area contributed by atoms with Crippen molar-refractivity contribution in [3.8, 4) is 5.88 Å². The summed E-state index contributed by atoms with van der Waals surface area (Å²) in [4.78, 5) is 15.6. The van der Waals surface area contributed by atoms with Gasteiger partial charge in [-0.3, -0.25) is 4.79 Å². The maximum Gasteiger partial charge on any atom is 0.340 e. The summed E-state index contributed by atoms with van der Waals surface area (Å²) in [6, 6.07) is 2.46. The predicted octanol–water partition coefficient (Wildman–Crippen LogP) is 2.61. The molecule has 3 N–H and O–H groups in total. The van der Waals surface area contributed by atoms with Gasteiger partial charge >= 0.3 is 12.3 Å². The number of amides is 1. The molecule has 0 spiro atoms. The Balaban J connectivity index is 2.59. The van der Waals surface area contributed by atoms with E-state index in [0.717, 1.165) is 12.3 Å². The van der Waals surface area contributed by atoms with Gasteiger partial charge in [0.2, 0.25) is 5.88 Å². The Hall–Kier alpha value is -1.90. The second-order valence-corrected chi connectivity index (χ2v) is 5.49. The molecule has 0 radical (unpaired) electrons. The van der Waals surface area contributed by atoms with E-state index in [1.165, 1.54) is 6.07 Å². The molecule has 0 unspecified atom stereocenters. The lowest BCUT2D eigenvalue weighted by atomic mass is 9.94. The highest BCUT2D eigenvalue weighted by atomic mass is 19.3. The summed E-state index contributed by atoms with van der Waals surface area (Å²) in [6.45, 7) is 2.61. The van der Waals surface area contributed by atoms with Crippen LogP contribution in [0, 0.1) is 0 Å². The van der Waals surface area contributed by atoms with Gasteiger partial charge in [-0.25, -0.2) is 13.8 Å². The molecule has 136 valence electrons. The number of nitrogens with zero attached hydrogens (tertiary/aromatic N) is 1. The number of alkyl halides is 4. The Labute approximate surface area is 137 Å². The molecule has 1 amide bonds. The molecule has 0 aliphatic rings. The van der Waals surface area contributed by atoms with Gasteiger partial charge in [0.1, 0.15) is 0 Å². The number of nitrogens with one attached hydrogen (secondary N) is 1. The van der Waals surface area contributed by atoms with Crippen molar-refractivity contribution in [1.29, 1.82) is 0 Å². The van der Waals surface area contributed by atoms with E-state index in [1.54, 1.807) is 0 Å². The predicted molar refractivity (Wildman–Crippen MR) is 80.5 cm³/mol. The van der Waals surface area contributed by atoms with Gasteiger partial charge in [0.25, 0.3) is 5.91 Å². The van der Waals surface area contributed by atoms with Crippen LogP contribution in [0.5, 0.6) is 5.88 Å². The minimum atomic E-state index is -4.26. The lowest BCUT2D eigenvalue weighted by Crippen LogP contribution is -2.49. The van der Waals surface area contributed by atoms with E-state index in [1.807, 2.05) is 13.8 Å².